The number of rotatable bonds is 6. The minimum atomic E-state index is -0.339. The van der Waals surface area contributed by atoms with Crippen molar-refractivity contribution >= 4 is 0 Å². The summed E-state index contributed by atoms with van der Waals surface area (Å²) in [5, 5.41) is 7.87. The molecule has 5 heteroatoms. The quantitative estimate of drug-likeness (QED) is 0.889. The van der Waals surface area contributed by atoms with E-state index in [0.29, 0.717) is 0 Å². The van der Waals surface area contributed by atoms with Gasteiger partial charge in [0.15, 0.2) is 11.6 Å². The van der Waals surface area contributed by atoms with E-state index < -0.39 is 0 Å². The molecular formula is C16H22FN3O. The van der Waals surface area contributed by atoms with Gasteiger partial charge in [0.25, 0.3) is 0 Å². The Bertz CT molecular complexity index is 610. The largest absolute Gasteiger partial charge is 0.494 e. The summed E-state index contributed by atoms with van der Waals surface area (Å²) in [6.07, 6.45) is 2.94. The van der Waals surface area contributed by atoms with E-state index in [9.17, 15) is 4.39 Å². The molecule has 0 radical (unpaired) electrons. The first-order valence-electron chi connectivity index (χ1n) is 7.13. The van der Waals surface area contributed by atoms with Crippen LogP contribution in [0.1, 0.15) is 36.7 Å². The van der Waals surface area contributed by atoms with Gasteiger partial charge in [0, 0.05) is 31.4 Å². The normalized spacial score (nSPS) is 12.4. The fourth-order valence-corrected chi connectivity index (χ4v) is 2.36. The average Bonchev–Trinajstić information content (AvgIpc) is 2.85. The van der Waals surface area contributed by atoms with E-state index in [1.165, 1.54) is 18.7 Å². The minimum absolute atomic E-state index is 0.101. The molecular weight excluding hydrogens is 269 g/mol. The van der Waals surface area contributed by atoms with E-state index in [1.54, 1.807) is 12.1 Å². The van der Waals surface area contributed by atoms with Crippen molar-refractivity contribution in [1.29, 1.82) is 0 Å². The summed E-state index contributed by atoms with van der Waals surface area (Å²) >= 11 is 0. The van der Waals surface area contributed by atoms with Gasteiger partial charge in [-0.2, -0.15) is 5.10 Å². The standard InChI is InChI=1S/C16H22FN3O/c1-5-15-13(10-20(3)19-15)9-18-11(2)12-6-7-14(17)16(8-12)21-4/h6-8,10-11,18H,5,9H2,1-4H3. The number of hydrogen-bond donors (Lipinski definition) is 1. The molecule has 0 bridgehead atoms. The SMILES string of the molecule is CCc1nn(C)cc1CNC(C)c1ccc(F)c(OC)c1. The van der Waals surface area contributed by atoms with E-state index in [1.807, 2.05) is 17.9 Å². The smallest absolute Gasteiger partial charge is 0.165 e. The van der Waals surface area contributed by atoms with Gasteiger partial charge in [0.05, 0.1) is 12.8 Å². The Kier molecular flexibility index (Phi) is 4.96. The number of aryl methyl sites for hydroxylation is 2. The summed E-state index contributed by atoms with van der Waals surface area (Å²) in [7, 11) is 3.40. The molecule has 2 aromatic rings. The van der Waals surface area contributed by atoms with Gasteiger partial charge in [-0.1, -0.05) is 13.0 Å². The molecule has 1 unspecified atom stereocenters. The molecule has 0 spiro atoms. The van der Waals surface area contributed by atoms with Gasteiger partial charge in [-0.25, -0.2) is 4.39 Å². The predicted octanol–water partition coefficient (Wildman–Crippen LogP) is 2.98. The molecule has 1 aromatic carbocycles. The Labute approximate surface area is 124 Å². The molecule has 0 amide bonds. The Hall–Kier alpha value is -1.88. The zero-order valence-corrected chi connectivity index (χ0v) is 13.0. The van der Waals surface area contributed by atoms with Crippen molar-refractivity contribution in [3.63, 3.8) is 0 Å². The first-order chi connectivity index (χ1) is 10.0. The van der Waals surface area contributed by atoms with Crippen LogP contribution in [0, 0.1) is 5.82 Å². The van der Waals surface area contributed by atoms with Gasteiger partial charge >= 0.3 is 0 Å². The van der Waals surface area contributed by atoms with Gasteiger partial charge in [0.1, 0.15) is 0 Å². The molecule has 4 nitrogen and oxygen atoms in total. The molecule has 1 heterocycles. The topological polar surface area (TPSA) is 39.1 Å². The maximum atomic E-state index is 13.4. The van der Waals surface area contributed by atoms with Crippen LogP contribution in [-0.2, 0) is 20.0 Å². The molecule has 0 fully saturated rings. The van der Waals surface area contributed by atoms with Crippen LogP contribution >= 0.6 is 0 Å². The van der Waals surface area contributed by atoms with Gasteiger partial charge < -0.3 is 10.1 Å². The molecule has 0 saturated heterocycles. The van der Waals surface area contributed by atoms with Crippen molar-refractivity contribution in [2.24, 2.45) is 7.05 Å². The molecule has 0 aliphatic carbocycles. The van der Waals surface area contributed by atoms with Crippen molar-refractivity contribution in [2.75, 3.05) is 7.11 Å². The molecule has 0 aliphatic heterocycles. The fraction of sp³-hybridized carbons (Fsp3) is 0.438. The molecule has 21 heavy (non-hydrogen) atoms. The Morgan fingerprint density at radius 1 is 1.43 bits per heavy atom. The third-order valence-corrected chi connectivity index (χ3v) is 3.60. The van der Waals surface area contributed by atoms with Crippen molar-refractivity contribution in [3.05, 3.63) is 47.0 Å². The highest BCUT2D eigenvalue weighted by molar-refractivity contribution is 5.32. The summed E-state index contributed by atoms with van der Waals surface area (Å²) < 4.78 is 20.3. The van der Waals surface area contributed by atoms with Crippen LogP contribution in [0.2, 0.25) is 0 Å². The van der Waals surface area contributed by atoms with Crippen LogP contribution in [0.25, 0.3) is 0 Å². The van der Waals surface area contributed by atoms with E-state index in [0.717, 1.165) is 24.2 Å². The summed E-state index contributed by atoms with van der Waals surface area (Å²) in [4.78, 5) is 0. The number of nitrogens with zero attached hydrogens (tertiary/aromatic N) is 2. The van der Waals surface area contributed by atoms with E-state index in [-0.39, 0.29) is 17.6 Å². The number of benzene rings is 1. The van der Waals surface area contributed by atoms with Crippen molar-refractivity contribution in [3.8, 4) is 5.75 Å². The second-order valence-corrected chi connectivity index (χ2v) is 5.12. The fourth-order valence-electron chi connectivity index (χ4n) is 2.36. The summed E-state index contributed by atoms with van der Waals surface area (Å²) in [5.41, 5.74) is 3.30. The van der Waals surface area contributed by atoms with Crippen molar-refractivity contribution in [2.45, 2.75) is 32.9 Å². The lowest BCUT2D eigenvalue weighted by molar-refractivity contribution is 0.385. The van der Waals surface area contributed by atoms with Crippen LogP contribution in [0.3, 0.4) is 0 Å². The van der Waals surface area contributed by atoms with Gasteiger partial charge in [0.2, 0.25) is 0 Å². The maximum Gasteiger partial charge on any atom is 0.165 e. The molecule has 1 atom stereocenters. The molecule has 0 saturated carbocycles. The molecule has 114 valence electrons. The van der Waals surface area contributed by atoms with Crippen LogP contribution < -0.4 is 10.1 Å². The summed E-state index contributed by atoms with van der Waals surface area (Å²) in [6, 6.07) is 5.05. The molecule has 1 N–H and O–H groups in total. The number of nitrogens with one attached hydrogen (secondary N) is 1. The number of hydrogen-bond acceptors (Lipinski definition) is 3. The zero-order chi connectivity index (χ0) is 15.4. The maximum absolute atomic E-state index is 13.4. The molecule has 1 aromatic heterocycles. The Morgan fingerprint density at radius 2 is 2.19 bits per heavy atom. The van der Waals surface area contributed by atoms with Gasteiger partial charge in [-0.05, 0) is 31.0 Å². The van der Waals surface area contributed by atoms with Crippen LogP contribution in [0.4, 0.5) is 4.39 Å². The predicted molar refractivity (Wildman–Crippen MR) is 80.8 cm³/mol. The third-order valence-electron chi connectivity index (χ3n) is 3.60. The van der Waals surface area contributed by atoms with Crippen LogP contribution in [0.5, 0.6) is 5.75 Å². The van der Waals surface area contributed by atoms with Crippen molar-refractivity contribution < 1.29 is 9.13 Å². The highest BCUT2D eigenvalue weighted by Gasteiger charge is 2.11. The first kappa shape index (κ1) is 15.5. The lowest BCUT2D eigenvalue weighted by Crippen LogP contribution is -2.18. The highest BCUT2D eigenvalue weighted by atomic mass is 19.1. The third kappa shape index (κ3) is 3.61. The van der Waals surface area contributed by atoms with Crippen LogP contribution in [0.15, 0.2) is 24.4 Å². The number of ether oxygens (including phenoxy) is 1. The lowest BCUT2D eigenvalue weighted by atomic mass is 10.1. The second-order valence-electron chi connectivity index (χ2n) is 5.12. The van der Waals surface area contributed by atoms with E-state index >= 15 is 0 Å². The van der Waals surface area contributed by atoms with Crippen LogP contribution in [-0.4, -0.2) is 16.9 Å². The molecule has 0 aliphatic rings. The first-order valence-corrected chi connectivity index (χ1v) is 7.13. The number of methoxy groups -OCH3 is 1. The Morgan fingerprint density at radius 3 is 2.86 bits per heavy atom. The average molecular weight is 291 g/mol. The van der Waals surface area contributed by atoms with Crippen molar-refractivity contribution in [1.82, 2.24) is 15.1 Å². The second kappa shape index (κ2) is 6.72. The minimum Gasteiger partial charge on any atom is -0.494 e. The molecule has 2 rings (SSSR count). The monoisotopic (exact) mass is 291 g/mol. The van der Waals surface area contributed by atoms with E-state index in [4.69, 9.17) is 4.74 Å². The number of aromatic nitrogens is 2. The summed E-state index contributed by atoms with van der Waals surface area (Å²) in [5.74, 6) is -0.0641. The van der Waals surface area contributed by atoms with Gasteiger partial charge in [-0.3, -0.25) is 4.68 Å². The Balaban J connectivity index is 2.06. The number of halogens is 1. The highest BCUT2D eigenvalue weighted by Crippen LogP contribution is 2.22. The van der Waals surface area contributed by atoms with E-state index in [2.05, 4.69) is 24.3 Å². The van der Waals surface area contributed by atoms with Gasteiger partial charge in [-0.15, -0.1) is 0 Å². The zero-order valence-electron chi connectivity index (χ0n) is 13.0. The lowest BCUT2D eigenvalue weighted by Gasteiger charge is -2.15. The summed E-state index contributed by atoms with van der Waals surface area (Å²) in [6.45, 7) is 4.88.